The lowest BCUT2D eigenvalue weighted by molar-refractivity contribution is 0.102. The predicted octanol–water partition coefficient (Wildman–Crippen LogP) is 4.03. The molecular weight excluding hydrogens is 426 g/mol. The van der Waals surface area contributed by atoms with Crippen LogP contribution >= 0.6 is 38.5 Å². The Morgan fingerprint density at radius 1 is 1.26 bits per heavy atom. The molecule has 3 N–H and O–H groups in total. The molecule has 0 heterocycles. The van der Waals surface area contributed by atoms with Gasteiger partial charge in [0.1, 0.15) is 5.82 Å². The van der Waals surface area contributed by atoms with Gasteiger partial charge < -0.3 is 11.1 Å². The highest BCUT2D eigenvalue weighted by molar-refractivity contribution is 14.1. The number of nitrogen functional groups attached to an aromatic ring is 1. The van der Waals surface area contributed by atoms with Crippen molar-refractivity contribution in [1.29, 1.82) is 0 Å². The molecule has 0 aromatic heterocycles. The number of amides is 1. The molecule has 0 unspecified atom stereocenters. The molecule has 0 aliphatic heterocycles. The first-order valence-electron chi connectivity index (χ1n) is 5.29. The van der Waals surface area contributed by atoms with Gasteiger partial charge in [0.25, 0.3) is 5.91 Å². The van der Waals surface area contributed by atoms with Crippen LogP contribution in [0.25, 0.3) is 0 Å². The highest BCUT2D eigenvalue weighted by Crippen LogP contribution is 2.21. The van der Waals surface area contributed by atoms with Crippen LogP contribution in [0.2, 0.25) is 0 Å². The van der Waals surface area contributed by atoms with E-state index in [1.807, 2.05) is 12.1 Å². The lowest BCUT2D eigenvalue weighted by Gasteiger charge is -2.08. The van der Waals surface area contributed by atoms with Crippen molar-refractivity contribution < 1.29 is 9.18 Å². The van der Waals surface area contributed by atoms with Gasteiger partial charge in [0.05, 0.1) is 11.3 Å². The van der Waals surface area contributed by atoms with Gasteiger partial charge in [-0.05, 0) is 59.0 Å². The number of nitrogens with two attached hydrogens (primary N) is 1. The second-order valence-electron chi connectivity index (χ2n) is 3.81. The molecule has 0 atom stereocenters. The summed E-state index contributed by atoms with van der Waals surface area (Å²) in [5.41, 5.74) is 6.32. The number of anilines is 2. The minimum Gasteiger partial charge on any atom is -0.396 e. The normalized spacial score (nSPS) is 10.3. The molecular formula is C13H9BrFIN2O. The third-order valence-electron chi connectivity index (χ3n) is 2.43. The second-order valence-corrected chi connectivity index (χ2v) is 5.89. The van der Waals surface area contributed by atoms with Crippen LogP contribution in [0.1, 0.15) is 10.4 Å². The van der Waals surface area contributed by atoms with Gasteiger partial charge in [0.2, 0.25) is 0 Å². The monoisotopic (exact) mass is 434 g/mol. The molecule has 0 aliphatic carbocycles. The Kier molecular flexibility index (Phi) is 4.41. The van der Waals surface area contributed by atoms with Crippen molar-refractivity contribution in [3.8, 4) is 0 Å². The van der Waals surface area contributed by atoms with Crippen LogP contribution < -0.4 is 11.1 Å². The average Bonchev–Trinajstić information content (AvgIpc) is 2.36. The molecule has 0 bridgehead atoms. The van der Waals surface area contributed by atoms with Gasteiger partial charge in [-0.2, -0.15) is 0 Å². The Labute approximate surface area is 131 Å². The summed E-state index contributed by atoms with van der Waals surface area (Å²) in [7, 11) is 0. The van der Waals surface area contributed by atoms with Crippen LogP contribution in [-0.2, 0) is 0 Å². The zero-order valence-corrected chi connectivity index (χ0v) is 13.3. The molecule has 1 amide bonds. The van der Waals surface area contributed by atoms with Gasteiger partial charge in [-0.25, -0.2) is 4.39 Å². The van der Waals surface area contributed by atoms with Crippen molar-refractivity contribution in [2.75, 3.05) is 11.1 Å². The summed E-state index contributed by atoms with van der Waals surface area (Å²) in [6.07, 6.45) is 0. The number of rotatable bonds is 2. The Bertz CT molecular complexity index is 649. The van der Waals surface area contributed by atoms with Crippen LogP contribution in [0, 0.1) is 9.39 Å². The average molecular weight is 435 g/mol. The van der Waals surface area contributed by atoms with E-state index in [4.69, 9.17) is 5.73 Å². The van der Waals surface area contributed by atoms with Gasteiger partial charge in [-0.15, -0.1) is 0 Å². The standard InChI is InChI=1S/C13H9BrFIN2O/c14-7-1-3-11(16)9(5-7)13(19)18-8-2-4-12(17)10(15)6-8/h1-6H,17H2,(H,18,19). The van der Waals surface area contributed by atoms with Crippen molar-refractivity contribution in [3.05, 3.63) is 55.8 Å². The van der Waals surface area contributed by atoms with Crippen molar-refractivity contribution in [3.63, 3.8) is 0 Å². The Balaban J connectivity index is 2.25. The van der Waals surface area contributed by atoms with Crippen molar-refractivity contribution in [2.45, 2.75) is 0 Å². The first kappa shape index (κ1) is 14.3. The van der Waals surface area contributed by atoms with E-state index in [2.05, 4.69) is 43.8 Å². The van der Waals surface area contributed by atoms with E-state index in [0.717, 1.165) is 8.04 Å². The van der Waals surface area contributed by atoms with Gasteiger partial charge in [0.15, 0.2) is 0 Å². The first-order chi connectivity index (χ1) is 8.97. The molecule has 3 nitrogen and oxygen atoms in total. The summed E-state index contributed by atoms with van der Waals surface area (Å²) in [6.45, 7) is 0. The topological polar surface area (TPSA) is 55.1 Å². The molecule has 0 aliphatic rings. The van der Waals surface area contributed by atoms with E-state index in [1.165, 1.54) is 12.1 Å². The summed E-state index contributed by atoms with van der Waals surface area (Å²) < 4.78 is 14.9. The summed E-state index contributed by atoms with van der Waals surface area (Å²) in [5, 5.41) is 2.63. The van der Waals surface area contributed by atoms with Crippen LogP contribution in [0.3, 0.4) is 0 Å². The minimum atomic E-state index is -0.554. The van der Waals surface area contributed by atoms with Crippen LogP contribution in [0.15, 0.2) is 40.9 Å². The van der Waals surface area contributed by atoms with Crippen LogP contribution in [-0.4, -0.2) is 5.91 Å². The lowest BCUT2D eigenvalue weighted by Crippen LogP contribution is -2.13. The zero-order chi connectivity index (χ0) is 14.0. The minimum absolute atomic E-state index is 0.0510. The number of benzene rings is 2. The highest BCUT2D eigenvalue weighted by Gasteiger charge is 2.11. The first-order valence-corrected chi connectivity index (χ1v) is 7.16. The number of halogens is 3. The van der Waals surface area contributed by atoms with E-state index < -0.39 is 5.82 Å². The molecule has 6 heteroatoms. The Hall–Kier alpha value is -1.15. The third-order valence-corrected chi connectivity index (χ3v) is 3.87. The van der Waals surface area contributed by atoms with E-state index in [1.54, 1.807) is 12.1 Å². The van der Waals surface area contributed by atoms with E-state index in [9.17, 15) is 9.18 Å². The maximum Gasteiger partial charge on any atom is 0.256 e. The molecule has 2 rings (SSSR count). The summed E-state index contributed by atoms with van der Waals surface area (Å²) in [5.74, 6) is -0.850. The highest BCUT2D eigenvalue weighted by atomic mass is 127. The number of carbonyl (C=O) groups is 1. The number of nitrogens with one attached hydrogen (secondary N) is 1. The maximum atomic E-state index is 13.3. The quantitative estimate of drug-likeness (QED) is 0.553. The van der Waals surface area contributed by atoms with Crippen molar-refractivity contribution >= 4 is 55.8 Å². The molecule has 0 radical (unpaired) electrons. The Morgan fingerprint density at radius 2 is 2.00 bits per heavy atom. The number of carbonyl (C=O) groups excluding carboxylic acids is 1. The molecule has 0 spiro atoms. The van der Waals surface area contributed by atoms with Crippen LogP contribution in [0.4, 0.5) is 15.8 Å². The molecule has 98 valence electrons. The fourth-order valence-electron chi connectivity index (χ4n) is 1.47. The fraction of sp³-hybridized carbons (Fsp3) is 0. The van der Waals surface area contributed by atoms with E-state index >= 15 is 0 Å². The largest absolute Gasteiger partial charge is 0.396 e. The van der Waals surface area contributed by atoms with Gasteiger partial charge >= 0.3 is 0 Å². The SMILES string of the molecule is Nc1ccc(NC(=O)c2cc(Br)ccc2I)cc1F. The third kappa shape index (κ3) is 3.44. The van der Waals surface area contributed by atoms with Crippen molar-refractivity contribution in [1.82, 2.24) is 0 Å². The van der Waals surface area contributed by atoms with Crippen LogP contribution in [0.5, 0.6) is 0 Å². The summed E-state index contributed by atoms with van der Waals surface area (Å²) in [6, 6.07) is 9.55. The van der Waals surface area contributed by atoms with E-state index in [-0.39, 0.29) is 11.6 Å². The predicted molar refractivity (Wildman–Crippen MR) is 85.6 cm³/mol. The lowest BCUT2D eigenvalue weighted by atomic mass is 10.2. The number of hydrogen-bond acceptors (Lipinski definition) is 2. The summed E-state index contributed by atoms with van der Waals surface area (Å²) >= 11 is 5.38. The van der Waals surface area contributed by atoms with E-state index in [0.29, 0.717) is 11.3 Å². The van der Waals surface area contributed by atoms with Crippen molar-refractivity contribution in [2.24, 2.45) is 0 Å². The van der Waals surface area contributed by atoms with Gasteiger partial charge in [0, 0.05) is 13.7 Å². The molecule has 0 saturated carbocycles. The number of hydrogen-bond donors (Lipinski definition) is 2. The molecule has 0 fully saturated rings. The Morgan fingerprint density at radius 3 is 2.68 bits per heavy atom. The molecule has 2 aromatic carbocycles. The summed E-state index contributed by atoms with van der Waals surface area (Å²) in [4.78, 5) is 12.1. The molecule has 0 saturated heterocycles. The second kappa shape index (κ2) is 5.87. The van der Waals surface area contributed by atoms with Gasteiger partial charge in [-0.3, -0.25) is 4.79 Å². The molecule has 2 aromatic rings. The smallest absolute Gasteiger partial charge is 0.256 e. The fourth-order valence-corrected chi connectivity index (χ4v) is 2.42. The zero-order valence-electron chi connectivity index (χ0n) is 9.58. The maximum absolute atomic E-state index is 13.3. The van der Waals surface area contributed by atoms with Gasteiger partial charge in [-0.1, -0.05) is 15.9 Å². The molecule has 19 heavy (non-hydrogen) atoms.